The van der Waals surface area contributed by atoms with Crippen molar-refractivity contribution in [1.82, 2.24) is 24.1 Å². The van der Waals surface area contributed by atoms with E-state index in [2.05, 4.69) is 15.2 Å². The fourth-order valence-corrected chi connectivity index (χ4v) is 4.70. The number of halogens is 1. The average Bonchev–Trinajstić information content (AvgIpc) is 3.55. The number of imidazole rings is 1. The summed E-state index contributed by atoms with van der Waals surface area (Å²) < 4.78 is 36.7. The summed E-state index contributed by atoms with van der Waals surface area (Å²) in [4.78, 5) is 19.3. The van der Waals surface area contributed by atoms with Crippen molar-refractivity contribution in [1.29, 1.82) is 0 Å². The zero-order valence-electron chi connectivity index (χ0n) is 20.4. The van der Waals surface area contributed by atoms with Gasteiger partial charge in [-0.2, -0.15) is 0 Å². The highest BCUT2D eigenvalue weighted by Gasteiger charge is 2.37. The number of benzene rings is 1. The maximum absolute atomic E-state index is 15.3. The summed E-state index contributed by atoms with van der Waals surface area (Å²) in [5.41, 5.74) is 2.27. The first kappa shape index (κ1) is 22.3. The van der Waals surface area contributed by atoms with Gasteiger partial charge in [-0.05, 0) is 39.8 Å². The third-order valence-electron chi connectivity index (χ3n) is 6.22. The molecule has 0 saturated carbocycles. The standard InChI is InChI=1S/C25H25FN6O4/c1-14-8-30(12-27-14)18-7-20-23(32-13-28-29-22(18)32)31(24(33)36-25(2,3)4)9-16-17(26)5-6-19-21(16)15(10-34-19)11-35-20/h5-8,12-13,15H,9-11H2,1-4H3/t15-/m1/s1. The minimum atomic E-state index is -0.778. The highest BCUT2D eigenvalue weighted by molar-refractivity contribution is 5.90. The lowest BCUT2D eigenvalue weighted by Crippen LogP contribution is -2.38. The van der Waals surface area contributed by atoms with E-state index in [4.69, 9.17) is 14.2 Å². The predicted octanol–water partition coefficient (Wildman–Crippen LogP) is 4.17. The van der Waals surface area contributed by atoms with Gasteiger partial charge >= 0.3 is 6.09 Å². The van der Waals surface area contributed by atoms with Gasteiger partial charge in [0.15, 0.2) is 17.2 Å². The molecule has 6 rings (SSSR count). The average molecular weight is 493 g/mol. The number of rotatable bonds is 1. The molecule has 0 N–H and O–H groups in total. The second kappa shape index (κ2) is 7.94. The van der Waals surface area contributed by atoms with Gasteiger partial charge in [0.25, 0.3) is 0 Å². The lowest BCUT2D eigenvalue weighted by molar-refractivity contribution is 0.0574. The molecule has 0 saturated heterocycles. The van der Waals surface area contributed by atoms with E-state index >= 15 is 4.39 Å². The van der Waals surface area contributed by atoms with Crippen molar-refractivity contribution in [3.05, 3.63) is 59.7 Å². The molecule has 1 atom stereocenters. The largest absolute Gasteiger partial charge is 0.493 e. The molecule has 0 unspecified atom stereocenters. The molecule has 0 spiro atoms. The van der Waals surface area contributed by atoms with Gasteiger partial charge in [0.2, 0.25) is 0 Å². The maximum Gasteiger partial charge on any atom is 0.416 e. The molecule has 0 fully saturated rings. The van der Waals surface area contributed by atoms with E-state index in [0.717, 1.165) is 5.69 Å². The van der Waals surface area contributed by atoms with Crippen LogP contribution in [0.4, 0.5) is 15.0 Å². The van der Waals surface area contributed by atoms with Crippen LogP contribution >= 0.6 is 0 Å². The summed E-state index contributed by atoms with van der Waals surface area (Å²) in [6.45, 7) is 7.73. The molecule has 0 aliphatic carbocycles. The van der Waals surface area contributed by atoms with Crippen molar-refractivity contribution in [3.63, 3.8) is 0 Å². The molecule has 1 aromatic carbocycles. The molecule has 3 aromatic heterocycles. The van der Waals surface area contributed by atoms with Crippen LogP contribution in [0.15, 0.2) is 37.1 Å². The zero-order valence-corrected chi connectivity index (χ0v) is 20.4. The van der Waals surface area contributed by atoms with E-state index in [1.165, 1.54) is 17.3 Å². The van der Waals surface area contributed by atoms with Gasteiger partial charge in [0.05, 0.1) is 43.4 Å². The Morgan fingerprint density at radius 1 is 1.17 bits per heavy atom. The van der Waals surface area contributed by atoms with Gasteiger partial charge < -0.3 is 18.8 Å². The molecular weight excluding hydrogens is 467 g/mol. The van der Waals surface area contributed by atoms with Crippen LogP contribution in [0.5, 0.6) is 11.5 Å². The highest BCUT2D eigenvalue weighted by Crippen LogP contribution is 2.43. The van der Waals surface area contributed by atoms with Crippen LogP contribution < -0.4 is 14.4 Å². The summed E-state index contributed by atoms with van der Waals surface area (Å²) >= 11 is 0. The van der Waals surface area contributed by atoms with Crippen molar-refractivity contribution in [3.8, 4) is 17.2 Å². The van der Waals surface area contributed by atoms with Gasteiger partial charge in [-0.3, -0.25) is 9.30 Å². The molecule has 10 nitrogen and oxygen atoms in total. The molecule has 11 heteroatoms. The van der Waals surface area contributed by atoms with E-state index in [9.17, 15) is 4.79 Å². The van der Waals surface area contributed by atoms with Crippen LogP contribution in [-0.2, 0) is 11.3 Å². The van der Waals surface area contributed by atoms with Crippen molar-refractivity contribution in [2.45, 2.75) is 45.8 Å². The number of nitrogens with zero attached hydrogens (tertiary/aromatic N) is 6. The number of hydrogen-bond acceptors (Lipinski definition) is 7. The Kier molecular flexibility index (Phi) is 4.92. The Morgan fingerprint density at radius 3 is 2.67 bits per heavy atom. The van der Waals surface area contributed by atoms with Gasteiger partial charge in [-0.1, -0.05) is 0 Å². The summed E-state index contributed by atoms with van der Waals surface area (Å²) in [5.74, 6) is 0.720. The first-order chi connectivity index (χ1) is 17.2. The number of anilines is 1. The first-order valence-corrected chi connectivity index (χ1v) is 11.6. The smallest absolute Gasteiger partial charge is 0.416 e. The van der Waals surface area contributed by atoms with Gasteiger partial charge in [0.1, 0.15) is 23.5 Å². The SMILES string of the molecule is Cc1cn(-c2cc3c(n4cnnc24)N(C(=O)OC(C)(C)C)Cc2c(F)ccc4c2[C@H](CO4)CO3)cn1. The Hall–Kier alpha value is -4.15. The topological polar surface area (TPSA) is 96.0 Å². The van der Waals surface area contributed by atoms with Crippen LogP contribution in [0, 0.1) is 12.7 Å². The quantitative estimate of drug-likeness (QED) is 0.393. The van der Waals surface area contributed by atoms with Crippen LogP contribution in [0.25, 0.3) is 11.3 Å². The molecule has 36 heavy (non-hydrogen) atoms. The number of carbonyl (C=O) groups excluding carboxylic acids is 1. The molecule has 2 aliphatic heterocycles. The molecule has 0 radical (unpaired) electrons. The molecule has 0 bridgehead atoms. The van der Waals surface area contributed by atoms with Crippen molar-refractivity contribution >= 4 is 17.6 Å². The van der Waals surface area contributed by atoms with E-state index in [-0.39, 0.29) is 19.1 Å². The summed E-state index contributed by atoms with van der Waals surface area (Å²) in [7, 11) is 0. The minimum Gasteiger partial charge on any atom is -0.493 e. The lowest BCUT2D eigenvalue weighted by Gasteiger charge is -2.29. The number of amides is 1. The van der Waals surface area contributed by atoms with Gasteiger partial charge in [0, 0.05) is 23.4 Å². The Balaban J connectivity index is 1.60. The number of aryl methyl sites for hydroxylation is 1. The second-order valence-electron chi connectivity index (χ2n) is 9.99. The Morgan fingerprint density at radius 2 is 1.94 bits per heavy atom. The van der Waals surface area contributed by atoms with Crippen LogP contribution in [-0.4, -0.2) is 49.1 Å². The van der Waals surface area contributed by atoms with Gasteiger partial charge in [-0.25, -0.2) is 14.2 Å². The zero-order chi connectivity index (χ0) is 25.2. The van der Waals surface area contributed by atoms with Crippen molar-refractivity contribution in [2.24, 2.45) is 0 Å². The summed E-state index contributed by atoms with van der Waals surface area (Å²) in [5, 5.41) is 8.40. The van der Waals surface area contributed by atoms with E-state index in [0.29, 0.717) is 46.4 Å². The molecule has 2 aliphatic rings. The molecule has 1 amide bonds. The number of pyridine rings is 1. The van der Waals surface area contributed by atoms with E-state index in [1.54, 1.807) is 43.6 Å². The lowest BCUT2D eigenvalue weighted by atomic mass is 9.95. The van der Waals surface area contributed by atoms with E-state index < -0.39 is 17.5 Å². The molecular formula is C25H25FN6O4. The van der Waals surface area contributed by atoms with Crippen LogP contribution in [0.3, 0.4) is 0 Å². The number of aromatic nitrogens is 5. The third-order valence-corrected chi connectivity index (χ3v) is 6.22. The van der Waals surface area contributed by atoms with Gasteiger partial charge in [-0.15, -0.1) is 10.2 Å². The molecule has 4 aromatic rings. The Labute approximate surface area is 206 Å². The number of carbonyl (C=O) groups is 1. The monoisotopic (exact) mass is 492 g/mol. The maximum atomic E-state index is 15.3. The molecule has 186 valence electrons. The fraction of sp³-hybridized carbons (Fsp3) is 0.360. The molecule has 5 heterocycles. The number of hydrogen-bond donors (Lipinski definition) is 0. The summed E-state index contributed by atoms with van der Waals surface area (Å²) in [6, 6.07) is 4.78. The predicted molar refractivity (Wildman–Crippen MR) is 127 cm³/mol. The van der Waals surface area contributed by atoms with E-state index in [1.807, 2.05) is 17.7 Å². The normalized spacial score (nSPS) is 16.9. The summed E-state index contributed by atoms with van der Waals surface area (Å²) in [6.07, 6.45) is 4.39. The van der Waals surface area contributed by atoms with Crippen LogP contribution in [0.2, 0.25) is 0 Å². The fourth-order valence-electron chi connectivity index (χ4n) is 4.70. The Bertz CT molecular complexity index is 1500. The minimum absolute atomic E-state index is 0.0864. The van der Waals surface area contributed by atoms with Crippen molar-refractivity contribution in [2.75, 3.05) is 18.1 Å². The third kappa shape index (κ3) is 3.62. The number of ether oxygens (including phenoxy) is 3. The van der Waals surface area contributed by atoms with Crippen molar-refractivity contribution < 1.29 is 23.4 Å². The highest BCUT2D eigenvalue weighted by atomic mass is 19.1. The number of fused-ring (bicyclic) bond motifs is 3. The second-order valence-corrected chi connectivity index (χ2v) is 9.99. The first-order valence-electron chi connectivity index (χ1n) is 11.6. The van der Waals surface area contributed by atoms with Crippen LogP contribution in [0.1, 0.15) is 43.5 Å².